The third-order valence-corrected chi connectivity index (χ3v) is 11.1. The monoisotopic (exact) mass is 736 g/mol. The van der Waals surface area contributed by atoms with E-state index in [1.165, 1.54) is 0 Å². The van der Waals surface area contributed by atoms with Crippen LogP contribution in [0.25, 0.3) is 88.4 Å². The lowest BCUT2D eigenvalue weighted by Crippen LogP contribution is -2.00. The molecule has 0 saturated heterocycles. The molecule has 2 heterocycles. The van der Waals surface area contributed by atoms with Gasteiger partial charge in [-0.1, -0.05) is 97.1 Å². The first-order valence-corrected chi connectivity index (χ1v) is 18.7. The zero-order valence-corrected chi connectivity index (χ0v) is 30.8. The third kappa shape index (κ3) is 5.23. The Balaban J connectivity index is 1.16. The summed E-state index contributed by atoms with van der Waals surface area (Å²) in [5.74, 6) is 0. The van der Waals surface area contributed by atoms with Gasteiger partial charge in [-0.15, -0.1) is 0 Å². The summed E-state index contributed by atoms with van der Waals surface area (Å²) in [7, 11) is 0. The van der Waals surface area contributed by atoms with Crippen LogP contribution in [0.2, 0.25) is 0 Å². The zero-order valence-electron chi connectivity index (χ0n) is 30.8. The highest BCUT2D eigenvalue weighted by atomic mass is 15.0. The van der Waals surface area contributed by atoms with E-state index >= 15 is 0 Å². The largest absolute Gasteiger partial charge is 0.308 e. The van der Waals surface area contributed by atoms with Crippen LogP contribution in [0.3, 0.4) is 0 Å². The minimum Gasteiger partial charge on any atom is -0.308 e. The molecule has 10 aromatic rings. The van der Waals surface area contributed by atoms with E-state index in [2.05, 4.69) is 94.1 Å². The van der Waals surface area contributed by atoms with Crippen LogP contribution < -0.4 is 0 Å². The molecule has 6 heteroatoms. The standard InChI is InChI=1S/C52H28N6/c53-29-37-9-1-3-11-41(37)35-21-23-49-45(25-35)43-13-5-7-15-47(43)57(49)51-27-33(17-19-39(51)31-55)34-18-20-40(32-56)52(28-34)58-48-16-8-6-14-44(48)46-26-36(22-24-50(46)58)42-12-4-2-10-38(42)30-54/h1-28H. The van der Waals surface area contributed by atoms with Gasteiger partial charge in [0.25, 0.3) is 0 Å². The molecule has 0 saturated carbocycles. The second-order valence-electron chi connectivity index (χ2n) is 14.2. The highest BCUT2D eigenvalue weighted by Crippen LogP contribution is 2.40. The molecule has 58 heavy (non-hydrogen) atoms. The number of para-hydroxylation sites is 2. The summed E-state index contributed by atoms with van der Waals surface area (Å²) < 4.78 is 4.29. The Morgan fingerprint density at radius 1 is 0.293 bits per heavy atom. The van der Waals surface area contributed by atoms with E-state index in [0.717, 1.165) is 88.4 Å². The molecule has 0 unspecified atom stereocenters. The summed E-state index contributed by atoms with van der Waals surface area (Å²) >= 11 is 0. The maximum atomic E-state index is 10.5. The van der Waals surface area contributed by atoms with Gasteiger partial charge in [0.05, 0.1) is 67.8 Å². The number of hydrogen-bond donors (Lipinski definition) is 0. The third-order valence-electron chi connectivity index (χ3n) is 11.1. The second-order valence-corrected chi connectivity index (χ2v) is 14.2. The molecular weight excluding hydrogens is 709 g/mol. The Hall–Kier alpha value is -8.68. The normalized spacial score (nSPS) is 11.0. The van der Waals surface area contributed by atoms with Crippen molar-refractivity contribution in [3.8, 4) is 69.0 Å². The molecule has 0 N–H and O–H groups in total. The van der Waals surface area contributed by atoms with E-state index in [0.29, 0.717) is 22.3 Å². The lowest BCUT2D eigenvalue weighted by Gasteiger charge is -2.15. The van der Waals surface area contributed by atoms with Crippen LogP contribution in [0.4, 0.5) is 0 Å². The highest BCUT2D eigenvalue weighted by molar-refractivity contribution is 6.12. The van der Waals surface area contributed by atoms with Gasteiger partial charge in [-0.05, 0) is 106 Å². The smallest absolute Gasteiger partial charge is 0.101 e. The SMILES string of the molecule is N#Cc1ccccc1-c1ccc2c(c1)c1ccccc1n2-c1cc(-c2ccc(C#N)c(-n3c4ccccc4c4cc(-c5ccccc5C#N)ccc43)c2)ccc1C#N. The van der Waals surface area contributed by atoms with Crippen LogP contribution in [0, 0.1) is 45.3 Å². The van der Waals surface area contributed by atoms with Crippen LogP contribution in [-0.2, 0) is 0 Å². The fourth-order valence-corrected chi connectivity index (χ4v) is 8.45. The Labute approximate surface area is 333 Å². The Kier molecular flexibility index (Phi) is 7.92. The van der Waals surface area contributed by atoms with Crippen LogP contribution in [0.1, 0.15) is 22.3 Å². The first kappa shape index (κ1) is 33.9. The van der Waals surface area contributed by atoms with Crippen LogP contribution in [0.5, 0.6) is 0 Å². The quantitative estimate of drug-likeness (QED) is 0.175. The lowest BCUT2D eigenvalue weighted by atomic mass is 9.98. The molecule has 0 radical (unpaired) electrons. The van der Waals surface area contributed by atoms with E-state index in [1.807, 2.05) is 109 Å². The first-order valence-electron chi connectivity index (χ1n) is 18.7. The number of hydrogen-bond acceptors (Lipinski definition) is 4. The van der Waals surface area contributed by atoms with Gasteiger partial charge in [0, 0.05) is 21.5 Å². The average Bonchev–Trinajstić information content (AvgIpc) is 3.80. The average molecular weight is 737 g/mol. The van der Waals surface area contributed by atoms with E-state index in [9.17, 15) is 21.0 Å². The van der Waals surface area contributed by atoms with Crippen molar-refractivity contribution in [1.29, 1.82) is 21.0 Å². The number of fused-ring (bicyclic) bond motifs is 6. The summed E-state index contributed by atoms with van der Waals surface area (Å²) in [6.45, 7) is 0. The maximum Gasteiger partial charge on any atom is 0.101 e. The summed E-state index contributed by atoms with van der Waals surface area (Å²) in [5, 5.41) is 44.8. The van der Waals surface area contributed by atoms with Gasteiger partial charge in [0.2, 0.25) is 0 Å². The van der Waals surface area contributed by atoms with E-state index in [-0.39, 0.29) is 0 Å². The fraction of sp³-hybridized carbons (Fsp3) is 0. The van der Waals surface area contributed by atoms with Crippen molar-refractivity contribution in [2.45, 2.75) is 0 Å². The van der Waals surface area contributed by atoms with Gasteiger partial charge in [-0.3, -0.25) is 0 Å². The van der Waals surface area contributed by atoms with Crippen LogP contribution in [-0.4, -0.2) is 9.13 Å². The summed E-state index contributed by atoms with van der Waals surface area (Å²) in [5.41, 5.74) is 13.0. The highest BCUT2D eigenvalue weighted by Gasteiger charge is 2.20. The van der Waals surface area contributed by atoms with Gasteiger partial charge < -0.3 is 9.13 Å². The molecule has 0 fully saturated rings. The molecule has 0 aliphatic heterocycles. The van der Waals surface area contributed by atoms with Gasteiger partial charge in [0.1, 0.15) is 12.1 Å². The molecule has 0 aliphatic carbocycles. The second kappa shape index (κ2) is 13.6. The van der Waals surface area contributed by atoms with Gasteiger partial charge in [-0.25, -0.2) is 0 Å². The molecule has 0 aliphatic rings. The van der Waals surface area contributed by atoms with E-state index in [1.54, 1.807) is 0 Å². The van der Waals surface area contributed by atoms with Gasteiger partial charge >= 0.3 is 0 Å². The maximum absolute atomic E-state index is 10.5. The topological polar surface area (TPSA) is 105 Å². The molecule has 0 amide bonds. The Bertz CT molecular complexity index is 3280. The lowest BCUT2D eigenvalue weighted by molar-refractivity contribution is 1.16. The summed E-state index contributed by atoms with van der Waals surface area (Å²) in [4.78, 5) is 0. The molecular formula is C52H28N6. The van der Waals surface area contributed by atoms with Crippen molar-refractivity contribution in [3.05, 3.63) is 192 Å². The predicted molar refractivity (Wildman–Crippen MR) is 230 cm³/mol. The predicted octanol–water partition coefficient (Wildman–Crippen LogP) is 12.4. The van der Waals surface area contributed by atoms with Crippen molar-refractivity contribution in [2.24, 2.45) is 0 Å². The molecule has 0 atom stereocenters. The van der Waals surface area contributed by atoms with Crippen molar-refractivity contribution in [1.82, 2.24) is 9.13 Å². The minimum absolute atomic E-state index is 0.523. The molecule has 2 aromatic heterocycles. The Morgan fingerprint density at radius 2 is 0.655 bits per heavy atom. The molecule has 266 valence electrons. The number of rotatable bonds is 5. The number of nitriles is 4. The van der Waals surface area contributed by atoms with Crippen molar-refractivity contribution in [3.63, 3.8) is 0 Å². The summed E-state index contributed by atoms with van der Waals surface area (Å²) in [6.07, 6.45) is 0. The number of benzene rings is 8. The molecule has 0 bridgehead atoms. The van der Waals surface area contributed by atoms with Gasteiger partial charge in [0.15, 0.2) is 0 Å². The number of nitrogens with zero attached hydrogens (tertiary/aromatic N) is 6. The molecule has 6 nitrogen and oxygen atoms in total. The van der Waals surface area contributed by atoms with Crippen molar-refractivity contribution in [2.75, 3.05) is 0 Å². The van der Waals surface area contributed by atoms with Crippen LogP contribution in [0.15, 0.2) is 170 Å². The summed E-state index contributed by atoms with van der Waals surface area (Å²) in [6, 6.07) is 65.3. The van der Waals surface area contributed by atoms with Crippen LogP contribution >= 0.6 is 0 Å². The molecule has 0 spiro atoms. The minimum atomic E-state index is 0.523. The molecule has 8 aromatic carbocycles. The van der Waals surface area contributed by atoms with Gasteiger partial charge in [-0.2, -0.15) is 21.0 Å². The zero-order chi connectivity index (χ0) is 39.3. The first-order chi connectivity index (χ1) is 28.6. The number of aromatic nitrogens is 2. The fourth-order valence-electron chi connectivity index (χ4n) is 8.45. The molecule has 10 rings (SSSR count). The van der Waals surface area contributed by atoms with E-state index < -0.39 is 0 Å². The van der Waals surface area contributed by atoms with Crippen molar-refractivity contribution >= 4 is 43.6 Å². The van der Waals surface area contributed by atoms with E-state index in [4.69, 9.17) is 0 Å². The van der Waals surface area contributed by atoms with Crippen molar-refractivity contribution < 1.29 is 0 Å². The Morgan fingerprint density at radius 3 is 1.09 bits per heavy atom.